The molecule has 1 atom stereocenters. The van der Waals surface area contributed by atoms with Gasteiger partial charge in [0.2, 0.25) is 12.0 Å². The molecule has 1 aliphatic heterocycles. The van der Waals surface area contributed by atoms with E-state index in [9.17, 15) is 4.79 Å². The van der Waals surface area contributed by atoms with Crippen LogP contribution in [0.25, 0.3) is 0 Å². The molecule has 0 spiro atoms. The van der Waals surface area contributed by atoms with Crippen LogP contribution < -0.4 is 5.32 Å². The number of rotatable bonds is 4. The second kappa shape index (κ2) is 6.43. The molecule has 2 aromatic heterocycles. The van der Waals surface area contributed by atoms with Gasteiger partial charge in [0, 0.05) is 29.8 Å². The van der Waals surface area contributed by atoms with Gasteiger partial charge in [-0.3, -0.25) is 9.78 Å². The third kappa shape index (κ3) is 3.61. The summed E-state index contributed by atoms with van der Waals surface area (Å²) in [5, 5.41) is 6.75. The van der Waals surface area contributed by atoms with Gasteiger partial charge in [-0.1, -0.05) is 25.9 Å². The van der Waals surface area contributed by atoms with Crippen molar-refractivity contribution in [3.05, 3.63) is 47.9 Å². The van der Waals surface area contributed by atoms with Gasteiger partial charge in [0.1, 0.15) is 5.76 Å². The first-order valence-corrected chi connectivity index (χ1v) is 7.79. The number of oxime groups is 1. The summed E-state index contributed by atoms with van der Waals surface area (Å²) in [6, 6.07) is 3.71. The van der Waals surface area contributed by atoms with Crippen LogP contribution in [0.5, 0.6) is 0 Å². The maximum absolute atomic E-state index is 12.2. The van der Waals surface area contributed by atoms with Gasteiger partial charge in [-0.05, 0) is 12.1 Å². The first kappa shape index (κ1) is 16.2. The molecule has 1 N–H and O–H groups in total. The lowest BCUT2D eigenvalue weighted by molar-refractivity contribution is -0.131. The predicted molar refractivity (Wildman–Crippen MR) is 87.3 cm³/mol. The Morgan fingerprint density at radius 3 is 2.88 bits per heavy atom. The fourth-order valence-corrected chi connectivity index (χ4v) is 2.24. The number of aromatic nitrogens is 2. The quantitative estimate of drug-likeness (QED) is 0.929. The SMILES string of the molecule is CC(C)(C)c1cnc(CNC(=O)[C@@H]2CC(c3cccnc3)=NO2)o1. The number of oxazole rings is 1. The monoisotopic (exact) mass is 328 g/mol. The van der Waals surface area contributed by atoms with Crippen molar-refractivity contribution < 1.29 is 14.0 Å². The molecule has 2 aromatic rings. The van der Waals surface area contributed by atoms with E-state index in [0.29, 0.717) is 12.3 Å². The van der Waals surface area contributed by atoms with Crippen LogP contribution in [-0.2, 0) is 21.6 Å². The van der Waals surface area contributed by atoms with Crippen molar-refractivity contribution in [1.82, 2.24) is 15.3 Å². The van der Waals surface area contributed by atoms with E-state index in [1.54, 1.807) is 18.6 Å². The van der Waals surface area contributed by atoms with Crippen molar-refractivity contribution in [3.63, 3.8) is 0 Å². The second-order valence-electron chi connectivity index (χ2n) is 6.66. The zero-order valence-corrected chi connectivity index (χ0v) is 13.9. The molecule has 0 saturated heterocycles. The first-order chi connectivity index (χ1) is 11.4. The van der Waals surface area contributed by atoms with E-state index in [1.807, 2.05) is 32.9 Å². The lowest BCUT2D eigenvalue weighted by atomic mass is 9.94. The van der Waals surface area contributed by atoms with E-state index >= 15 is 0 Å². The van der Waals surface area contributed by atoms with Crippen LogP contribution in [0.2, 0.25) is 0 Å². The molecule has 0 aromatic carbocycles. The summed E-state index contributed by atoms with van der Waals surface area (Å²) in [4.78, 5) is 25.7. The Bertz CT molecular complexity index is 747. The third-order valence-corrected chi connectivity index (χ3v) is 3.66. The second-order valence-corrected chi connectivity index (χ2v) is 6.66. The average molecular weight is 328 g/mol. The molecule has 0 bridgehead atoms. The Balaban J connectivity index is 1.53. The Labute approximate surface area is 140 Å². The maximum Gasteiger partial charge on any atom is 0.264 e. The van der Waals surface area contributed by atoms with Gasteiger partial charge in [0.15, 0.2) is 0 Å². The molecule has 126 valence electrons. The standard InChI is InChI=1S/C17H20N4O3/c1-17(2,3)14-9-19-15(23-14)10-20-16(22)13-7-12(21-24-13)11-5-4-6-18-8-11/h4-6,8-9,13H,7,10H2,1-3H3,(H,20,22)/t13-/m0/s1. The van der Waals surface area contributed by atoms with Gasteiger partial charge in [0.05, 0.1) is 18.5 Å². The Kier molecular flexibility index (Phi) is 4.33. The summed E-state index contributed by atoms with van der Waals surface area (Å²) in [6.07, 6.45) is 4.85. The number of hydrogen-bond donors (Lipinski definition) is 1. The predicted octanol–water partition coefficient (Wildman–Crippen LogP) is 2.18. The van der Waals surface area contributed by atoms with Crippen molar-refractivity contribution in [2.24, 2.45) is 5.16 Å². The molecule has 0 aliphatic carbocycles. The molecular weight excluding hydrogens is 308 g/mol. The number of nitrogens with one attached hydrogen (secondary N) is 1. The summed E-state index contributed by atoms with van der Waals surface area (Å²) < 4.78 is 5.65. The smallest absolute Gasteiger partial charge is 0.264 e. The van der Waals surface area contributed by atoms with E-state index in [-0.39, 0.29) is 17.9 Å². The number of amides is 1. The Morgan fingerprint density at radius 1 is 1.38 bits per heavy atom. The summed E-state index contributed by atoms with van der Waals surface area (Å²) in [6.45, 7) is 6.34. The van der Waals surface area contributed by atoms with Crippen LogP contribution in [0.1, 0.15) is 44.4 Å². The molecule has 7 heteroatoms. The van der Waals surface area contributed by atoms with Gasteiger partial charge in [-0.2, -0.15) is 0 Å². The molecule has 1 amide bonds. The highest BCUT2D eigenvalue weighted by atomic mass is 16.6. The van der Waals surface area contributed by atoms with Crippen LogP contribution in [-0.4, -0.2) is 27.7 Å². The van der Waals surface area contributed by atoms with Crippen LogP contribution in [0.15, 0.2) is 40.3 Å². The van der Waals surface area contributed by atoms with Crippen LogP contribution in [0.4, 0.5) is 0 Å². The topological polar surface area (TPSA) is 89.6 Å². The highest BCUT2D eigenvalue weighted by Crippen LogP contribution is 2.22. The van der Waals surface area contributed by atoms with Gasteiger partial charge >= 0.3 is 0 Å². The van der Waals surface area contributed by atoms with E-state index in [1.165, 1.54) is 0 Å². The normalized spacial score (nSPS) is 17.3. The summed E-state index contributed by atoms with van der Waals surface area (Å²) in [5.74, 6) is 1.01. The molecule has 1 aliphatic rings. The number of pyridine rings is 1. The zero-order valence-electron chi connectivity index (χ0n) is 13.9. The largest absolute Gasteiger partial charge is 0.443 e. The lowest BCUT2D eigenvalue weighted by Gasteiger charge is -2.13. The molecule has 0 unspecified atom stereocenters. The van der Waals surface area contributed by atoms with Crippen LogP contribution in [0, 0.1) is 0 Å². The lowest BCUT2D eigenvalue weighted by Crippen LogP contribution is -2.34. The van der Waals surface area contributed by atoms with Crippen molar-refractivity contribution in [1.29, 1.82) is 0 Å². The highest BCUT2D eigenvalue weighted by molar-refractivity contribution is 6.03. The fourth-order valence-electron chi connectivity index (χ4n) is 2.24. The van der Waals surface area contributed by atoms with E-state index in [4.69, 9.17) is 9.25 Å². The average Bonchev–Trinajstić information content (AvgIpc) is 3.22. The maximum atomic E-state index is 12.2. The van der Waals surface area contributed by atoms with E-state index < -0.39 is 6.10 Å². The summed E-state index contributed by atoms with van der Waals surface area (Å²) in [5.41, 5.74) is 1.46. The molecular formula is C17H20N4O3. The van der Waals surface area contributed by atoms with Gasteiger partial charge in [-0.15, -0.1) is 0 Å². The number of carbonyl (C=O) groups is 1. The van der Waals surface area contributed by atoms with Gasteiger partial charge in [-0.25, -0.2) is 4.98 Å². The van der Waals surface area contributed by atoms with Gasteiger partial charge in [0.25, 0.3) is 5.91 Å². The number of nitrogens with zero attached hydrogens (tertiary/aromatic N) is 3. The van der Waals surface area contributed by atoms with Crippen LogP contribution in [0.3, 0.4) is 0 Å². The minimum atomic E-state index is -0.641. The molecule has 7 nitrogen and oxygen atoms in total. The molecule has 3 heterocycles. The zero-order chi connectivity index (χ0) is 17.2. The highest BCUT2D eigenvalue weighted by Gasteiger charge is 2.29. The Hall–Kier alpha value is -2.70. The number of carbonyl (C=O) groups excluding carboxylic acids is 1. The van der Waals surface area contributed by atoms with Crippen molar-refractivity contribution in [2.45, 2.75) is 45.3 Å². The first-order valence-electron chi connectivity index (χ1n) is 7.79. The molecule has 3 rings (SSSR count). The number of hydrogen-bond acceptors (Lipinski definition) is 6. The third-order valence-electron chi connectivity index (χ3n) is 3.66. The molecule has 0 radical (unpaired) electrons. The fraction of sp³-hybridized carbons (Fsp3) is 0.412. The van der Waals surface area contributed by atoms with E-state index in [0.717, 1.165) is 17.0 Å². The van der Waals surface area contributed by atoms with Crippen molar-refractivity contribution >= 4 is 11.6 Å². The molecule has 0 fully saturated rings. The van der Waals surface area contributed by atoms with Crippen molar-refractivity contribution in [2.75, 3.05) is 0 Å². The summed E-state index contributed by atoms with van der Waals surface area (Å²) in [7, 11) is 0. The minimum absolute atomic E-state index is 0.115. The Morgan fingerprint density at radius 2 is 2.21 bits per heavy atom. The molecule has 24 heavy (non-hydrogen) atoms. The molecule has 0 saturated carbocycles. The summed E-state index contributed by atoms with van der Waals surface area (Å²) >= 11 is 0. The van der Waals surface area contributed by atoms with Crippen molar-refractivity contribution in [3.8, 4) is 0 Å². The minimum Gasteiger partial charge on any atom is -0.443 e. The van der Waals surface area contributed by atoms with E-state index in [2.05, 4.69) is 20.4 Å². The van der Waals surface area contributed by atoms with Crippen LogP contribution >= 0.6 is 0 Å². The van der Waals surface area contributed by atoms with Gasteiger partial charge < -0.3 is 14.6 Å².